The summed E-state index contributed by atoms with van der Waals surface area (Å²) < 4.78 is 4.99. The molecule has 2 amide bonds. The molecule has 1 unspecified atom stereocenters. The Kier molecular flexibility index (Phi) is 6.91. The molecule has 0 bridgehead atoms. The first-order valence-electron chi connectivity index (χ1n) is 7.44. The summed E-state index contributed by atoms with van der Waals surface area (Å²) in [6.07, 6.45) is 1.70. The zero-order valence-electron chi connectivity index (χ0n) is 13.2. The van der Waals surface area contributed by atoms with Gasteiger partial charge in [-0.2, -0.15) is 0 Å². The van der Waals surface area contributed by atoms with E-state index in [-0.39, 0.29) is 6.03 Å². The quantitative estimate of drug-likeness (QED) is 0.686. The van der Waals surface area contributed by atoms with Gasteiger partial charge < -0.3 is 25.0 Å². The van der Waals surface area contributed by atoms with Crippen molar-refractivity contribution in [3.63, 3.8) is 0 Å². The van der Waals surface area contributed by atoms with Crippen LogP contribution in [-0.2, 0) is 9.53 Å². The van der Waals surface area contributed by atoms with Crippen LogP contribution in [-0.4, -0.2) is 79.4 Å². The summed E-state index contributed by atoms with van der Waals surface area (Å²) in [5, 5.41) is 12.3. The number of nitrogens with zero attached hydrogens (tertiary/aromatic N) is 2. The van der Waals surface area contributed by atoms with Crippen LogP contribution in [0.15, 0.2) is 0 Å². The van der Waals surface area contributed by atoms with Crippen molar-refractivity contribution in [1.29, 1.82) is 0 Å². The molecule has 0 saturated carbocycles. The minimum absolute atomic E-state index is 0.281. The molecule has 2 N–H and O–H groups in total. The Balaban J connectivity index is 2.46. The number of likely N-dealkylation sites (tertiary alicyclic amines) is 1. The number of aliphatic carboxylic acids is 1. The highest BCUT2D eigenvalue weighted by Gasteiger charge is 2.48. The molecule has 0 aliphatic carbocycles. The summed E-state index contributed by atoms with van der Waals surface area (Å²) in [5.74, 6) is -0.908. The van der Waals surface area contributed by atoms with Gasteiger partial charge in [-0.05, 0) is 26.3 Å². The first kappa shape index (κ1) is 17.7. The minimum atomic E-state index is -1.04. The minimum Gasteiger partial charge on any atom is -0.479 e. The second-order valence-corrected chi connectivity index (χ2v) is 5.47. The number of nitrogens with one attached hydrogen (secondary N) is 1. The smallest absolute Gasteiger partial charge is 0.329 e. The maximum absolute atomic E-state index is 12.2. The van der Waals surface area contributed by atoms with Crippen molar-refractivity contribution >= 4 is 12.0 Å². The Hall–Kier alpha value is -1.34. The van der Waals surface area contributed by atoms with Gasteiger partial charge in [-0.3, -0.25) is 0 Å². The standard InChI is InChI=1S/C14H27N3O4/c1-4-14(12(18)19)6-5-8-17(14)13(20)15-7-9-16(2)10-11-21-3/h4-11H2,1-3H3,(H,15,20)(H,18,19). The third kappa shape index (κ3) is 4.31. The van der Waals surface area contributed by atoms with E-state index in [9.17, 15) is 14.7 Å². The maximum atomic E-state index is 12.2. The van der Waals surface area contributed by atoms with Crippen LogP contribution in [0.2, 0.25) is 0 Å². The average Bonchev–Trinajstić information content (AvgIpc) is 2.90. The maximum Gasteiger partial charge on any atom is 0.329 e. The first-order valence-corrected chi connectivity index (χ1v) is 7.44. The van der Waals surface area contributed by atoms with Crippen LogP contribution >= 0.6 is 0 Å². The van der Waals surface area contributed by atoms with Crippen molar-refractivity contribution < 1.29 is 19.4 Å². The van der Waals surface area contributed by atoms with Crippen molar-refractivity contribution in [3.05, 3.63) is 0 Å². The molecule has 0 radical (unpaired) electrons. The molecule has 7 heteroatoms. The van der Waals surface area contributed by atoms with Crippen LogP contribution in [0.5, 0.6) is 0 Å². The number of carboxylic acid groups (broad SMARTS) is 1. The molecule has 0 spiro atoms. The SMILES string of the molecule is CCC1(C(=O)O)CCCN1C(=O)NCCN(C)CCOC. The summed E-state index contributed by atoms with van der Waals surface area (Å²) in [7, 11) is 3.61. The lowest BCUT2D eigenvalue weighted by atomic mass is 9.93. The summed E-state index contributed by atoms with van der Waals surface area (Å²) in [4.78, 5) is 27.3. The normalized spacial score (nSPS) is 21.8. The number of hydrogen-bond acceptors (Lipinski definition) is 4. The van der Waals surface area contributed by atoms with Gasteiger partial charge in [0.25, 0.3) is 0 Å². The van der Waals surface area contributed by atoms with Gasteiger partial charge in [-0.25, -0.2) is 9.59 Å². The van der Waals surface area contributed by atoms with E-state index in [0.29, 0.717) is 39.1 Å². The van der Waals surface area contributed by atoms with E-state index in [1.54, 1.807) is 7.11 Å². The number of ether oxygens (including phenoxy) is 1. The third-order valence-corrected chi connectivity index (χ3v) is 4.16. The zero-order chi connectivity index (χ0) is 15.9. The number of rotatable bonds is 8. The van der Waals surface area contributed by atoms with Gasteiger partial charge in [0.05, 0.1) is 6.61 Å². The van der Waals surface area contributed by atoms with E-state index in [2.05, 4.69) is 10.2 Å². The molecule has 0 aromatic heterocycles. The second-order valence-electron chi connectivity index (χ2n) is 5.47. The summed E-state index contributed by atoms with van der Waals surface area (Å²) in [6.45, 7) is 4.96. The molecule has 21 heavy (non-hydrogen) atoms. The predicted octanol–water partition coefficient (Wildman–Crippen LogP) is 0.603. The molecule has 1 heterocycles. The Bertz CT molecular complexity index is 364. The Morgan fingerprint density at radius 3 is 2.71 bits per heavy atom. The van der Waals surface area contributed by atoms with Crippen LogP contribution in [0, 0.1) is 0 Å². The molecule has 122 valence electrons. The van der Waals surface area contributed by atoms with Gasteiger partial charge in [-0.1, -0.05) is 6.92 Å². The molecule has 1 aliphatic rings. The van der Waals surface area contributed by atoms with E-state index in [1.165, 1.54) is 4.90 Å². The van der Waals surface area contributed by atoms with Crippen LogP contribution < -0.4 is 5.32 Å². The molecule has 1 atom stereocenters. The topological polar surface area (TPSA) is 82.1 Å². The summed E-state index contributed by atoms with van der Waals surface area (Å²) >= 11 is 0. The number of carbonyl (C=O) groups excluding carboxylic acids is 1. The lowest BCUT2D eigenvalue weighted by Crippen LogP contribution is -2.56. The van der Waals surface area contributed by atoms with Crippen LogP contribution in [0.4, 0.5) is 4.79 Å². The lowest BCUT2D eigenvalue weighted by molar-refractivity contribution is -0.148. The van der Waals surface area contributed by atoms with Gasteiger partial charge in [0.2, 0.25) is 0 Å². The van der Waals surface area contributed by atoms with E-state index in [0.717, 1.165) is 13.0 Å². The lowest BCUT2D eigenvalue weighted by Gasteiger charge is -2.34. The van der Waals surface area contributed by atoms with Gasteiger partial charge in [0.1, 0.15) is 5.54 Å². The number of likely N-dealkylation sites (N-methyl/N-ethyl adjacent to an activating group) is 1. The van der Waals surface area contributed by atoms with Crippen LogP contribution in [0.25, 0.3) is 0 Å². The van der Waals surface area contributed by atoms with Crippen molar-refractivity contribution in [2.45, 2.75) is 31.7 Å². The molecular formula is C14H27N3O4. The summed E-state index contributed by atoms with van der Waals surface area (Å²) in [6, 6.07) is -0.281. The highest BCUT2D eigenvalue weighted by atomic mass is 16.5. The number of carbonyl (C=O) groups is 2. The van der Waals surface area contributed by atoms with E-state index in [4.69, 9.17) is 4.74 Å². The van der Waals surface area contributed by atoms with Crippen LogP contribution in [0.1, 0.15) is 26.2 Å². The number of hydrogen-bond donors (Lipinski definition) is 2. The van der Waals surface area contributed by atoms with Gasteiger partial charge >= 0.3 is 12.0 Å². The zero-order valence-corrected chi connectivity index (χ0v) is 13.2. The first-order chi connectivity index (χ1) is 9.97. The van der Waals surface area contributed by atoms with Crippen molar-refractivity contribution in [3.8, 4) is 0 Å². The molecule has 0 aromatic carbocycles. The molecule has 1 aliphatic heterocycles. The summed E-state index contributed by atoms with van der Waals surface area (Å²) in [5.41, 5.74) is -1.04. The molecular weight excluding hydrogens is 274 g/mol. The monoisotopic (exact) mass is 301 g/mol. The van der Waals surface area contributed by atoms with Crippen molar-refractivity contribution in [2.75, 3.05) is 46.9 Å². The number of methoxy groups -OCH3 is 1. The number of carboxylic acids is 1. The fourth-order valence-electron chi connectivity index (χ4n) is 2.72. The Morgan fingerprint density at radius 1 is 1.43 bits per heavy atom. The van der Waals surface area contributed by atoms with Crippen molar-refractivity contribution in [2.24, 2.45) is 0 Å². The van der Waals surface area contributed by atoms with Gasteiger partial charge in [0.15, 0.2) is 0 Å². The molecule has 1 fully saturated rings. The molecule has 7 nitrogen and oxygen atoms in total. The Morgan fingerprint density at radius 2 is 2.14 bits per heavy atom. The van der Waals surface area contributed by atoms with Crippen LogP contribution in [0.3, 0.4) is 0 Å². The highest BCUT2D eigenvalue weighted by Crippen LogP contribution is 2.32. The average molecular weight is 301 g/mol. The molecule has 1 rings (SSSR count). The largest absolute Gasteiger partial charge is 0.479 e. The van der Waals surface area contributed by atoms with E-state index < -0.39 is 11.5 Å². The fraction of sp³-hybridized carbons (Fsp3) is 0.857. The second kappa shape index (κ2) is 8.19. The Labute approximate surface area is 126 Å². The molecule has 1 saturated heterocycles. The molecule has 0 aromatic rings. The number of urea groups is 1. The van der Waals surface area contributed by atoms with Crippen molar-refractivity contribution in [1.82, 2.24) is 15.1 Å². The van der Waals surface area contributed by atoms with Gasteiger partial charge in [-0.15, -0.1) is 0 Å². The predicted molar refractivity (Wildman–Crippen MR) is 79.4 cm³/mol. The van der Waals surface area contributed by atoms with E-state index in [1.807, 2.05) is 14.0 Å². The highest BCUT2D eigenvalue weighted by molar-refractivity contribution is 5.87. The third-order valence-electron chi connectivity index (χ3n) is 4.16. The fourth-order valence-corrected chi connectivity index (χ4v) is 2.72. The number of amides is 2. The van der Waals surface area contributed by atoms with E-state index >= 15 is 0 Å². The van der Waals surface area contributed by atoms with Gasteiger partial charge in [0, 0.05) is 33.3 Å².